The predicted molar refractivity (Wildman–Crippen MR) is 89.7 cm³/mol. The van der Waals surface area contributed by atoms with Crippen molar-refractivity contribution in [2.24, 2.45) is 34.0 Å². The van der Waals surface area contributed by atoms with Crippen LogP contribution in [0.3, 0.4) is 0 Å². The summed E-state index contributed by atoms with van der Waals surface area (Å²) in [5, 5.41) is 30.8. The first-order valence-electron chi connectivity index (χ1n) is 9.47. The third kappa shape index (κ3) is 1.99. The van der Waals surface area contributed by atoms with Crippen molar-refractivity contribution in [3.05, 3.63) is 12.2 Å². The van der Waals surface area contributed by atoms with Gasteiger partial charge in [0.05, 0.1) is 19.3 Å². The highest BCUT2D eigenvalue weighted by Crippen LogP contribution is 2.72. The van der Waals surface area contributed by atoms with E-state index >= 15 is 0 Å². The lowest BCUT2D eigenvalue weighted by atomic mass is 9.40. The highest BCUT2D eigenvalue weighted by Gasteiger charge is 2.65. The van der Waals surface area contributed by atoms with E-state index in [0.29, 0.717) is 23.7 Å². The number of fused-ring (bicyclic) bond motifs is 3. The van der Waals surface area contributed by atoms with Crippen LogP contribution in [0.2, 0.25) is 0 Å². The van der Waals surface area contributed by atoms with Gasteiger partial charge in [-0.15, -0.1) is 0 Å². The molecular formula is C20H32O3. The molecule has 0 unspecified atom stereocenters. The van der Waals surface area contributed by atoms with Crippen LogP contribution in [0.25, 0.3) is 0 Å². The Morgan fingerprint density at radius 2 is 1.78 bits per heavy atom. The Morgan fingerprint density at radius 3 is 2.48 bits per heavy atom. The SMILES string of the molecule is C=C1C[C@]23CC[C@H]4C(CO)(CO)C[C@H](O)C[C@]4(C)[C@H]2CC[C@H]1C3. The van der Waals surface area contributed by atoms with Crippen LogP contribution in [0, 0.1) is 34.0 Å². The van der Waals surface area contributed by atoms with Crippen LogP contribution in [-0.4, -0.2) is 34.6 Å². The highest BCUT2D eigenvalue weighted by atomic mass is 16.3. The van der Waals surface area contributed by atoms with Crippen molar-refractivity contribution in [2.45, 2.75) is 64.4 Å². The van der Waals surface area contributed by atoms with Crippen LogP contribution in [0.4, 0.5) is 0 Å². The van der Waals surface area contributed by atoms with Gasteiger partial charge < -0.3 is 15.3 Å². The Bertz CT molecular complexity index is 511. The van der Waals surface area contributed by atoms with Gasteiger partial charge in [0.15, 0.2) is 0 Å². The molecule has 4 saturated carbocycles. The lowest BCUT2D eigenvalue weighted by molar-refractivity contribution is -0.200. The maximum Gasteiger partial charge on any atom is 0.0552 e. The number of allylic oxidation sites excluding steroid dienone is 1. The molecule has 4 aliphatic rings. The lowest BCUT2D eigenvalue weighted by Crippen LogP contribution is -2.61. The van der Waals surface area contributed by atoms with E-state index in [9.17, 15) is 15.3 Å². The van der Waals surface area contributed by atoms with E-state index in [1.807, 2.05) is 0 Å². The molecule has 0 aromatic carbocycles. The van der Waals surface area contributed by atoms with E-state index in [2.05, 4.69) is 13.5 Å². The molecular weight excluding hydrogens is 288 g/mol. The lowest BCUT2D eigenvalue weighted by Gasteiger charge is -2.65. The molecule has 3 heteroatoms. The molecule has 4 aliphatic carbocycles. The third-order valence-corrected chi connectivity index (χ3v) is 8.56. The molecule has 4 rings (SSSR count). The van der Waals surface area contributed by atoms with Gasteiger partial charge in [-0.1, -0.05) is 19.1 Å². The fourth-order valence-corrected chi connectivity index (χ4v) is 7.83. The van der Waals surface area contributed by atoms with Crippen LogP contribution < -0.4 is 0 Å². The number of aliphatic hydroxyl groups is 3. The Hall–Kier alpha value is -0.380. The van der Waals surface area contributed by atoms with Crippen LogP contribution in [0.5, 0.6) is 0 Å². The molecule has 0 amide bonds. The predicted octanol–water partition coefficient (Wildman–Crippen LogP) is 2.89. The standard InChI is InChI=1S/C20H32O3/c1-13-7-19-6-5-17-18(2,16(19)4-3-14(13)8-19)9-15(23)10-20(17,11-21)12-22/h14-17,21-23H,1,3-12H2,2H3/t14-,15+,16+,17+,18+,19-/m0/s1. The summed E-state index contributed by atoms with van der Waals surface area (Å²) in [4.78, 5) is 0. The highest BCUT2D eigenvalue weighted by molar-refractivity contribution is 5.22. The molecule has 0 aromatic rings. The molecule has 0 heterocycles. The minimum Gasteiger partial charge on any atom is -0.396 e. The summed E-state index contributed by atoms with van der Waals surface area (Å²) in [6.07, 6.45) is 8.23. The fraction of sp³-hybridized carbons (Fsp3) is 0.900. The maximum atomic E-state index is 10.6. The monoisotopic (exact) mass is 320 g/mol. The molecule has 23 heavy (non-hydrogen) atoms. The molecule has 6 atom stereocenters. The molecule has 0 aliphatic heterocycles. The van der Waals surface area contributed by atoms with Crippen molar-refractivity contribution in [1.82, 2.24) is 0 Å². The minimum atomic E-state index is -0.500. The van der Waals surface area contributed by atoms with Gasteiger partial charge in [0.1, 0.15) is 0 Å². The normalized spacial score (nSPS) is 51.2. The quantitative estimate of drug-likeness (QED) is 0.686. The van der Waals surface area contributed by atoms with Crippen LogP contribution >= 0.6 is 0 Å². The maximum absolute atomic E-state index is 10.6. The minimum absolute atomic E-state index is 0.00410. The Morgan fingerprint density at radius 1 is 1.04 bits per heavy atom. The van der Waals surface area contributed by atoms with Crippen molar-refractivity contribution in [1.29, 1.82) is 0 Å². The number of rotatable bonds is 2. The Balaban J connectivity index is 1.75. The van der Waals surface area contributed by atoms with Gasteiger partial charge in [0.25, 0.3) is 0 Å². The molecule has 2 bridgehead atoms. The molecule has 130 valence electrons. The topological polar surface area (TPSA) is 60.7 Å². The summed E-state index contributed by atoms with van der Waals surface area (Å²) in [6.45, 7) is 6.70. The number of aliphatic hydroxyl groups excluding tert-OH is 3. The molecule has 3 nitrogen and oxygen atoms in total. The van der Waals surface area contributed by atoms with Gasteiger partial charge in [0, 0.05) is 5.41 Å². The summed E-state index contributed by atoms with van der Waals surface area (Å²) >= 11 is 0. The van der Waals surface area contributed by atoms with Crippen LogP contribution in [-0.2, 0) is 0 Å². The van der Waals surface area contributed by atoms with Crippen molar-refractivity contribution >= 4 is 0 Å². The Labute approximate surface area is 139 Å². The Kier molecular flexibility index (Phi) is 3.54. The van der Waals surface area contributed by atoms with Crippen molar-refractivity contribution < 1.29 is 15.3 Å². The first kappa shape index (κ1) is 16.1. The van der Waals surface area contributed by atoms with E-state index in [4.69, 9.17) is 0 Å². The van der Waals surface area contributed by atoms with Gasteiger partial charge in [-0.3, -0.25) is 0 Å². The molecule has 0 saturated heterocycles. The molecule has 3 N–H and O–H groups in total. The summed E-state index contributed by atoms with van der Waals surface area (Å²) < 4.78 is 0. The zero-order chi connectivity index (χ0) is 16.5. The second kappa shape index (κ2) is 5.06. The fourth-order valence-electron chi connectivity index (χ4n) is 7.83. The van der Waals surface area contributed by atoms with E-state index in [-0.39, 0.29) is 18.6 Å². The first-order valence-corrected chi connectivity index (χ1v) is 9.47. The van der Waals surface area contributed by atoms with Crippen LogP contribution in [0.15, 0.2) is 12.2 Å². The third-order valence-electron chi connectivity index (χ3n) is 8.56. The summed E-state index contributed by atoms with van der Waals surface area (Å²) in [5.41, 5.74) is 1.39. The summed E-state index contributed by atoms with van der Waals surface area (Å²) in [6, 6.07) is 0. The largest absolute Gasteiger partial charge is 0.396 e. The van der Waals surface area contributed by atoms with E-state index in [0.717, 1.165) is 18.8 Å². The number of hydrogen-bond acceptors (Lipinski definition) is 3. The van der Waals surface area contributed by atoms with Crippen molar-refractivity contribution in [3.63, 3.8) is 0 Å². The molecule has 4 fully saturated rings. The van der Waals surface area contributed by atoms with Gasteiger partial charge >= 0.3 is 0 Å². The average Bonchev–Trinajstić information content (AvgIpc) is 2.74. The molecule has 0 radical (unpaired) electrons. The van der Waals surface area contributed by atoms with E-state index in [1.165, 1.54) is 37.7 Å². The zero-order valence-corrected chi connectivity index (χ0v) is 14.4. The zero-order valence-electron chi connectivity index (χ0n) is 14.4. The second-order valence-electron chi connectivity index (χ2n) is 9.57. The van der Waals surface area contributed by atoms with Crippen molar-refractivity contribution in [3.8, 4) is 0 Å². The van der Waals surface area contributed by atoms with Gasteiger partial charge in [0.2, 0.25) is 0 Å². The molecule has 1 spiro atoms. The average molecular weight is 320 g/mol. The van der Waals surface area contributed by atoms with Gasteiger partial charge in [-0.25, -0.2) is 0 Å². The second-order valence-corrected chi connectivity index (χ2v) is 9.57. The van der Waals surface area contributed by atoms with Crippen LogP contribution in [0.1, 0.15) is 58.3 Å². The first-order chi connectivity index (χ1) is 10.9. The number of hydrogen-bond donors (Lipinski definition) is 3. The van der Waals surface area contributed by atoms with Gasteiger partial charge in [-0.05, 0) is 80.0 Å². The van der Waals surface area contributed by atoms with E-state index in [1.54, 1.807) is 0 Å². The van der Waals surface area contributed by atoms with Crippen molar-refractivity contribution in [2.75, 3.05) is 13.2 Å². The smallest absolute Gasteiger partial charge is 0.0552 e. The molecule has 0 aromatic heterocycles. The summed E-state index contributed by atoms with van der Waals surface area (Å²) in [5.74, 6) is 1.66. The van der Waals surface area contributed by atoms with E-state index < -0.39 is 11.5 Å². The summed E-state index contributed by atoms with van der Waals surface area (Å²) in [7, 11) is 0. The van der Waals surface area contributed by atoms with Gasteiger partial charge in [-0.2, -0.15) is 0 Å².